The molecule has 126 valence electrons. The standard InChI is InChI=1S/C17H14N4O3S/c1-25(23,24)21(16-5-3-2-4-14(16)11-19)12-17(22)20-15-8-6-13(10-18)7-9-15/h2-9H,12H2,1H3,(H,20,22). The number of nitrogens with zero attached hydrogens (tertiary/aromatic N) is 3. The van der Waals surface area contributed by atoms with E-state index >= 15 is 0 Å². The van der Waals surface area contributed by atoms with E-state index in [1.165, 1.54) is 24.3 Å². The molecule has 0 aliphatic carbocycles. The van der Waals surface area contributed by atoms with Gasteiger partial charge in [0.05, 0.1) is 29.1 Å². The van der Waals surface area contributed by atoms with Gasteiger partial charge in [0.25, 0.3) is 0 Å². The minimum absolute atomic E-state index is 0.141. The van der Waals surface area contributed by atoms with E-state index in [0.717, 1.165) is 10.6 Å². The first-order valence-electron chi connectivity index (χ1n) is 7.12. The maximum absolute atomic E-state index is 12.2. The maximum atomic E-state index is 12.2. The molecule has 0 aliphatic rings. The lowest BCUT2D eigenvalue weighted by Gasteiger charge is -2.22. The Morgan fingerprint density at radius 3 is 2.28 bits per heavy atom. The zero-order chi connectivity index (χ0) is 18.4. The van der Waals surface area contributed by atoms with Crippen LogP contribution in [0.1, 0.15) is 11.1 Å². The van der Waals surface area contributed by atoms with Crippen LogP contribution in [0.2, 0.25) is 0 Å². The molecule has 0 fully saturated rings. The van der Waals surface area contributed by atoms with Gasteiger partial charge in [-0.25, -0.2) is 8.42 Å². The van der Waals surface area contributed by atoms with Gasteiger partial charge in [-0.3, -0.25) is 9.10 Å². The lowest BCUT2D eigenvalue weighted by atomic mass is 10.2. The summed E-state index contributed by atoms with van der Waals surface area (Å²) in [6.45, 7) is -0.475. The fourth-order valence-electron chi connectivity index (χ4n) is 2.13. The van der Waals surface area contributed by atoms with Crippen molar-refractivity contribution in [3.63, 3.8) is 0 Å². The van der Waals surface area contributed by atoms with Crippen LogP contribution < -0.4 is 9.62 Å². The van der Waals surface area contributed by atoms with E-state index in [0.29, 0.717) is 11.3 Å². The van der Waals surface area contributed by atoms with E-state index < -0.39 is 22.5 Å². The van der Waals surface area contributed by atoms with Gasteiger partial charge in [0.1, 0.15) is 12.6 Å². The highest BCUT2D eigenvalue weighted by molar-refractivity contribution is 7.92. The molecule has 0 saturated heterocycles. The molecule has 0 aromatic heterocycles. The molecule has 0 spiro atoms. The Morgan fingerprint density at radius 2 is 1.72 bits per heavy atom. The van der Waals surface area contributed by atoms with Gasteiger partial charge in [-0.2, -0.15) is 10.5 Å². The SMILES string of the molecule is CS(=O)(=O)N(CC(=O)Nc1ccc(C#N)cc1)c1ccccc1C#N. The summed E-state index contributed by atoms with van der Waals surface area (Å²) in [5.41, 5.74) is 1.17. The summed E-state index contributed by atoms with van der Waals surface area (Å²) in [5, 5.41) is 20.5. The average molecular weight is 354 g/mol. The van der Waals surface area contributed by atoms with Gasteiger partial charge < -0.3 is 5.32 Å². The summed E-state index contributed by atoms with van der Waals surface area (Å²) in [5.74, 6) is -0.567. The summed E-state index contributed by atoms with van der Waals surface area (Å²) in [7, 11) is -3.77. The highest BCUT2D eigenvalue weighted by Gasteiger charge is 2.23. The zero-order valence-corrected chi connectivity index (χ0v) is 14.1. The Labute approximate surface area is 145 Å². The minimum Gasteiger partial charge on any atom is -0.325 e. The second kappa shape index (κ2) is 7.47. The van der Waals surface area contributed by atoms with Crippen molar-refractivity contribution in [3.05, 3.63) is 59.7 Å². The quantitative estimate of drug-likeness (QED) is 0.880. The third kappa shape index (κ3) is 4.56. The number of carbonyl (C=O) groups is 1. The normalized spacial score (nSPS) is 10.4. The van der Waals surface area contributed by atoms with Crippen molar-refractivity contribution in [2.24, 2.45) is 0 Å². The Kier molecular flexibility index (Phi) is 5.38. The van der Waals surface area contributed by atoms with Crippen molar-refractivity contribution in [2.75, 3.05) is 22.4 Å². The first-order valence-corrected chi connectivity index (χ1v) is 8.97. The molecule has 0 heterocycles. The van der Waals surface area contributed by atoms with Gasteiger partial charge in [0.2, 0.25) is 15.9 Å². The van der Waals surface area contributed by atoms with Crippen LogP contribution in [0.4, 0.5) is 11.4 Å². The number of carbonyl (C=O) groups excluding carboxylic acids is 1. The Morgan fingerprint density at radius 1 is 1.08 bits per heavy atom. The maximum Gasteiger partial charge on any atom is 0.245 e. The Hall–Kier alpha value is -3.36. The Bertz CT molecular complexity index is 970. The molecule has 8 heteroatoms. The number of para-hydroxylation sites is 1. The predicted octanol–water partition coefficient (Wildman–Crippen LogP) is 1.83. The number of sulfonamides is 1. The monoisotopic (exact) mass is 354 g/mol. The molecule has 7 nitrogen and oxygen atoms in total. The summed E-state index contributed by atoms with van der Waals surface area (Å²) >= 11 is 0. The summed E-state index contributed by atoms with van der Waals surface area (Å²) in [6, 6.07) is 16.2. The largest absolute Gasteiger partial charge is 0.325 e. The number of hydrogen-bond donors (Lipinski definition) is 1. The summed E-state index contributed by atoms with van der Waals surface area (Å²) in [6.07, 6.45) is 0.968. The first-order chi connectivity index (χ1) is 11.8. The zero-order valence-electron chi connectivity index (χ0n) is 13.3. The lowest BCUT2D eigenvalue weighted by Crippen LogP contribution is -2.37. The molecule has 2 rings (SSSR count). The van der Waals surface area contributed by atoms with Crippen LogP contribution >= 0.6 is 0 Å². The fourth-order valence-corrected chi connectivity index (χ4v) is 2.99. The number of anilines is 2. The van der Waals surface area contributed by atoms with E-state index in [4.69, 9.17) is 10.5 Å². The van der Waals surface area contributed by atoms with Crippen LogP contribution in [0.5, 0.6) is 0 Å². The second-order valence-electron chi connectivity index (χ2n) is 5.14. The van der Waals surface area contributed by atoms with Crippen molar-refractivity contribution >= 4 is 27.3 Å². The fraction of sp³-hybridized carbons (Fsp3) is 0.118. The molecule has 0 atom stereocenters. The van der Waals surface area contributed by atoms with Crippen LogP contribution in [0, 0.1) is 22.7 Å². The van der Waals surface area contributed by atoms with Crippen molar-refractivity contribution in [1.82, 2.24) is 0 Å². The van der Waals surface area contributed by atoms with E-state index in [-0.39, 0.29) is 11.3 Å². The number of amides is 1. The highest BCUT2D eigenvalue weighted by atomic mass is 32.2. The molecule has 0 unspecified atom stereocenters. The molecular weight excluding hydrogens is 340 g/mol. The van der Waals surface area contributed by atoms with Crippen molar-refractivity contribution in [3.8, 4) is 12.1 Å². The molecule has 25 heavy (non-hydrogen) atoms. The van der Waals surface area contributed by atoms with Crippen molar-refractivity contribution < 1.29 is 13.2 Å². The molecule has 2 aromatic rings. The molecule has 1 N–H and O–H groups in total. The van der Waals surface area contributed by atoms with E-state index in [2.05, 4.69) is 5.32 Å². The number of hydrogen-bond acceptors (Lipinski definition) is 5. The van der Waals surface area contributed by atoms with Crippen LogP contribution in [0.15, 0.2) is 48.5 Å². The lowest BCUT2D eigenvalue weighted by molar-refractivity contribution is -0.114. The van der Waals surface area contributed by atoms with Gasteiger partial charge in [-0.05, 0) is 36.4 Å². The van der Waals surface area contributed by atoms with E-state index in [1.807, 2.05) is 12.1 Å². The van der Waals surface area contributed by atoms with E-state index in [1.54, 1.807) is 24.3 Å². The summed E-state index contributed by atoms with van der Waals surface area (Å²) < 4.78 is 25.0. The third-order valence-corrected chi connectivity index (χ3v) is 4.40. The molecule has 1 amide bonds. The van der Waals surface area contributed by atoms with Crippen LogP contribution in [0.3, 0.4) is 0 Å². The smallest absolute Gasteiger partial charge is 0.245 e. The molecule has 0 aliphatic heterocycles. The minimum atomic E-state index is -3.77. The molecular formula is C17H14N4O3S. The van der Waals surface area contributed by atoms with Crippen LogP contribution in [-0.4, -0.2) is 27.1 Å². The molecule has 0 bridgehead atoms. The van der Waals surface area contributed by atoms with Crippen LogP contribution in [0.25, 0.3) is 0 Å². The van der Waals surface area contributed by atoms with Gasteiger partial charge in [0.15, 0.2) is 0 Å². The first kappa shape index (κ1) is 18.0. The van der Waals surface area contributed by atoms with Gasteiger partial charge >= 0.3 is 0 Å². The molecule has 0 saturated carbocycles. The van der Waals surface area contributed by atoms with E-state index in [9.17, 15) is 13.2 Å². The van der Waals surface area contributed by atoms with Gasteiger partial charge in [-0.1, -0.05) is 12.1 Å². The van der Waals surface area contributed by atoms with Crippen molar-refractivity contribution in [2.45, 2.75) is 0 Å². The molecule has 0 radical (unpaired) electrons. The average Bonchev–Trinajstić information content (AvgIpc) is 2.59. The summed E-state index contributed by atoms with van der Waals surface area (Å²) in [4.78, 5) is 12.2. The number of benzene rings is 2. The molecule has 2 aromatic carbocycles. The predicted molar refractivity (Wildman–Crippen MR) is 93.1 cm³/mol. The van der Waals surface area contributed by atoms with Gasteiger partial charge in [-0.15, -0.1) is 0 Å². The number of nitrogens with one attached hydrogen (secondary N) is 1. The number of rotatable bonds is 5. The van der Waals surface area contributed by atoms with Gasteiger partial charge in [0, 0.05) is 5.69 Å². The Balaban J connectivity index is 2.24. The second-order valence-corrected chi connectivity index (χ2v) is 7.04. The topological polar surface area (TPSA) is 114 Å². The number of nitriles is 2. The van der Waals surface area contributed by atoms with Crippen molar-refractivity contribution in [1.29, 1.82) is 10.5 Å². The van der Waals surface area contributed by atoms with Crippen LogP contribution in [-0.2, 0) is 14.8 Å². The highest BCUT2D eigenvalue weighted by Crippen LogP contribution is 2.22. The third-order valence-electron chi connectivity index (χ3n) is 3.28.